The second-order valence-electron chi connectivity index (χ2n) is 5.01. The molecule has 2 heterocycles. The van der Waals surface area contributed by atoms with Gasteiger partial charge >= 0.3 is 0 Å². The number of hydrogen-bond acceptors (Lipinski definition) is 4. The lowest BCUT2D eigenvalue weighted by Crippen LogP contribution is -2.15. The van der Waals surface area contributed by atoms with Crippen molar-refractivity contribution in [2.75, 3.05) is 0 Å². The van der Waals surface area contributed by atoms with E-state index in [0.717, 1.165) is 17.8 Å². The molecule has 0 atom stereocenters. The Kier molecular flexibility index (Phi) is 3.85. The van der Waals surface area contributed by atoms with Crippen LogP contribution in [0.15, 0.2) is 30.6 Å². The molecule has 0 aliphatic heterocycles. The molecule has 1 aliphatic carbocycles. The zero-order chi connectivity index (χ0) is 13.9. The van der Waals surface area contributed by atoms with Crippen LogP contribution in [0.3, 0.4) is 0 Å². The summed E-state index contributed by atoms with van der Waals surface area (Å²) >= 11 is 6.15. The molecule has 0 spiro atoms. The maximum absolute atomic E-state index is 6.15. The van der Waals surface area contributed by atoms with Gasteiger partial charge in [-0.25, -0.2) is 4.98 Å². The predicted molar refractivity (Wildman–Crippen MR) is 78.2 cm³/mol. The molecule has 4 nitrogen and oxygen atoms in total. The van der Waals surface area contributed by atoms with Crippen LogP contribution in [-0.2, 0) is 6.54 Å². The summed E-state index contributed by atoms with van der Waals surface area (Å²) in [6, 6.07) is 6.30. The second-order valence-corrected chi connectivity index (χ2v) is 5.41. The fraction of sp³-hybridized carbons (Fsp3) is 0.333. The molecule has 3 rings (SSSR count). The van der Waals surface area contributed by atoms with E-state index in [4.69, 9.17) is 16.3 Å². The highest BCUT2D eigenvalue weighted by Gasteiger charge is 2.20. The normalized spacial score (nSPS) is 14.3. The topological polar surface area (TPSA) is 47.0 Å². The number of nitrogens with one attached hydrogen (secondary N) is 1. The van der Waals surface area contributed by atoms with Crippen LogP contribution in [0.4, 0.5) is 0 Å². The summed E-state index contributed by atoms with van der Waals surface area (Å²) in [6.07, 6.45) is 5.82. The molecule has 0 unspecified atom stereocenters. The predicted octanol–water partition coefficient (Wildman–Crippen LogP) is 3.48. The zero-order valence-corrected chi connectivity index (χ0v) is 12.0. The first kappa shape index (κ1) is 13.3. The van der Waals surface area contributed by atoms with Crippen molar-refractivity contribution >= 4 is 11.6 Å². The first-order chi connectivity index (χ1) is 9.70. The van der Waals surface area contributed by atoms with Crippen LogP contribution in [-0.4, -0.2) is 16.0 Å². The van der Waals surface area contributed by atoms with Crippen molar-refractivity contribution in [3.05, 3.63) is 46.9 Å². The summed E-state index contributed by atoms with van der Waals surface area (Å²) in [4.78, 5) is 8.38. The molecule has 1 N–H and O–H groups in total. The number of hydrogen-bond donors (Lipinski definition) is 1. The number of rotatable bonds is 5. The first-order valence-electron chi connectivity index (χ1n) is 6.69. The lowest BCUT2D eigenvalue weighted by atomic mass is 10.2. The Morgan fingerprint density at radius 3 is 2.85 bits per heavy atom. The van der Waals surface area contributed by atoms with E-state index in [2.05, 4.69) is 15.3 Å². The van der Waals surface area contributed by atoms with E-state index < -0.39 is 0 Å². The molecule has 0 bridgehead atoms. The van der Waals surface area contributed by atoms with Gasteiger partial charge < -0.3 is 10.1 Å². The molecule has 5 heteroatoms. The Balaban J connectivity index is 1.71. The van der Waals surface area contributed by atoms with Crippen LogP contribution in [0.1, 0.15) is 24.1 Å². The molecule has 2 aromatic heterocycles. The first-order valence-corrected chi connectivity index (χ1v) is 7.07. The van der Waals surface area contributed by atoms with Crippen LogP contribution in [0.5, 0.6) is 11.6 Å². The summed E-state index contributed by atoms with van der Waals surface area (Å²) < 4.78 is 5.69. The van der Waals surface area contributed by atoms with Crippen LogP contribution in [0.2, 0.25) is 5.02 Å². The number of aryl methyl sites for hydroxylation is 1. The van der Waals surface area contributed by atoms with Crippen molar-refractivity contribution in [2.24, 2.45) is 0 Å². The van der Waals surface area contributed by atoms with Crippen molar-refractivity contribution < 1.29 is 4.74 Å². The SMILES string of the molecule is Cc1ccc(Oc2cc(CNC3CC3)c(Cl)cn2)cn1. The largest absolute Gasteiger partial charge is 0.437 e. The number of halogens is 1. The minimum Gasteiger partial charge on any atom is -0.437 e. The molecule has 0 saturated heterocycles. The third-order valence-corrected chi connectivity index (χ3v) is 3.52. The van der Waals surface area contributed by atoms with Crippen LogP contribution >= 0.6 is 11.6 Å². The third kappa shape index (κ3) is 3.46. The molecule has 0 amide bonds. The smallest absolute Gasteiger partial charge is 0.219 e. The molecule has 104 valence electrons. The summed E-state index contributed by atoms with van der Waals surface area (Å²) in [5.41, 5.74) is 1.96. The second kappa shape index (κ2) is 5.77. The lowest BCUT2D eigenvalue weighted by molar-refractivity contribution is 0.459. The van der Waals surface area contributed by atoms with Crippen LogP contribution in [0.25, 0.3) is 0 Å². The average Bonchev–Trinajstić information content (AvgIpc) is 3.26. The van der Waals surface area contributed by atoms with E-state index >= 15 is 0 Å². The number of pyridine rings is 2. The van der Waals surface area contributed by atoms with Crippen molar-refractivity contribution in [1.82, 2.24) is 15.3 Å². The fourth-order valence-electron chi connectivity index (χ4n) is 1.83. The maximum atomic E-state index is 6.15. The Morgan fingerprint density at radius 2 is 2.15 bits per heavy atom. The Bertz CT molecular complexity index is 597. The summed E-state index contributed by atoms with van der Waals surface area (Å²) in [5, 5.41) is 4.09. The van der Waals surface area contributed by atoms with Crippen molar-refractivity contribution in [3.63, 3.8) is 0 Å². The van der Waals surface area contributed by atoms with Gasteiger partial charge in [0.15, 0.2) is 0 Å². The van der Waals surface area contributed by atoms with Crippen LogP contribution < -0.4 is 10.1 Å². The van der Waals surface area contributed by atoms with E-state index in [1.165, 1.54) is 12.8 Å². The highest BCUT2D eigenvalue weighted by Crippen LogP contribution is 2.25. The van der Waals surface area contributed by atoms with Gasteiger partial charge in [0.05, 0.1) is 11.2 Å². The van der Waals surface area contributed by atoms with Gasteiger partial charge in [-0.05, 0) is 37.5 Å². The molecule has 1 saturated carbocycles. The fourth-order valence-corrected chi connectivity index (χ4v) is 2.00. The van der Waals surface area contributed by atoms with E-state index in [-0.39, 0.29) is 0 Å². The minimum absolute atomic E-state index is 0.535. The maximum Gasteiger partial charge on any atom is 0.219 e. The van der Waals surface area contributed by atoms with Gasteiger partial charge in [0.1, 0.15) is 5.75 Å². The van der Waals surface area contributed by atoms with Gasteiger partial charge in [-0.1, -0.05) is 11.6 Å². The molecular formula is C15H16ClN3O. The number of ether oxygens (including phenoxy) is 1. The monoisotopic (exact) mass is 289 g/mol. The highest BCUT2D eigenvalue weighted by molar-refractivity contribution is 6.31. The molecular weight excluding hydrogens is 274 g/mol. The van der Waals surface area contributed by atoms with E-state index in [1.54, 1.807) is 12.4 Å². The zero-order valence-electron chi connectivity index (χ0n) is 11.3. The Hall–Kier alpha value is -1.65. The lowest BCUT2D eigenvalue weighted by Gasteiger charge is -2.09. The summed E-state index contributed by atoms with van der Waals surface area (Å²) in [7, 11) is 0. The average molecular weight is 290 g/mol. The van der Waals surface area contributed by atoms with Crippen molar-refractivity contribution in [1.29, 1.82) is 0 Å². The van der Waals surface area contributed by atoms with Gasteiger partial charge in [0.25, 0.3) is 0 Å². The molecule has 1 aliphatic rings. The molecule has 0 radical (unpaired) electrons. The van der Waals surface area contributed by atoms with Gasteiger partial charge in [-0.15, -0.1) is 0 Å². The number of nitrogens with zero attached hydrogens (tertiary/aromatic N) is 2. The van der Waals surface area contributed by atoms with E-state index in [1.807, 2.05) is 25.1 Å². The third-order valence-electron chi connectivity index (χ3n) is 3.17. The number of aromatic nitrogens is 2. The van der Waals surface area contributed by atoms with E-state index in [0.29, 0.717) is 22.7 Å². The molecule has 1 fully saturated rings. The molecule has 20 heavy (non-hydrogen) atoms. The highest BCUT2D eigenvalue weighted by atomic mass is 35.5. The molecule has 0 aromatic carbocycles. The molecule has 2 aromatic rings. The Morgan fingerprint density at radius 1 is 1.30 bits per heavy atom. The van der Waals surface area contributed by atoms with Crippen molar-refractivity contribution in [2.45, 2.75) is 32.4 Å². The van der Waals surface area contributed by atoms with Gasteiger partial charge in [0, 0.05) is 30.5 Å². The van der Waals surface area contributed by atoms with Crippen LogP contribution in [0, 0.1) is 6.92 Å². The summed E-state index contributed by atoms with van der Waals surface area (Å²) in [6.45, 7) is 2.68. The van der Waals surface area contributed by atoms with Gasteiger partial charge in [-0.3, -0.25) is 4.98 Å². The standard InChI is InChI=1S/C15H16ClN3O/c1-10-2-5-13(8-17-10)20-15-6-11(14(16)9-19-15)7-18-12-3-4-12/h2,5-6,8-9,12,18H,3-4,7H2,1H3. The van der Waals surface area contributed by atoms with Crippen molar-refractivity contribution in [3.8, 4) is 11.6 Å². The van der Waals surface area contributed by atoms with E-state index in [9.17, 15) is 0 Å². The van der Waals surface area contributed by atoms with Gasteiger partial charge in [-0.2, -0.15) is 0 Å². The van der Waals surface area contributed by atoms with Gasteiger partial charge in [0.2, 0.25) is 5.88 Å². The minimum atomic E-state index is 0.535. The Labute approximate surface area is 123 Å². The quantitative estimate of drug-likeness (QED) is 0.915. The summed E-state index contributed by atoms with van der Waals surface area (Å²) in [5.74, 6) is 1.21.